The Balaban J connectivity index is 1.60. The zero-order chi connectivity index (χ0) is 19.7. The first kappa shape index (κ1) is 17.6. The first-order valence-electron chi connectivity index (χ1n) is 8.71. The second-order valence-electron chi connectivity index (χ2n) is 6.55. The fraction of sp³-hybridized carbons (Fsp3) is 0.150. The van der Waals surface area contributed by atoms with Gasteiger partial charge in [0, 0.05) is 30.4 Å². The Morgan fingerprint density at radius 1 is 1.07 bits per heavy atom. The molecule has 0 bridgehead atoms. The highest BCUT2D eigenvalue weighted by molar-refractivity contribution is 5.99. The monoisotopic (exact) mass is 374 g/mol. The quantitative estimate of drug-likeness (QED) is 0.565. The minimum atomic E-state index is -0.253. The number of aromatic nitrogens is 4. The van der Waals surface area contributed by atoms with E-state index in [2.05, 4.69) is 25.5 Å². The minimum absolute atomic E-state index is 0.195. The fourth-order valence-electron chi connectivity index (χ4n) is 3.11. The van der Waals surface area contributed by atoms with Gasteiger partial charge in [-0.15, -0.1) is 0 Å². The lowest BCUT2D eigenvalue weighted by Gasteiger charge is -2.13. The molecule has 8 nitrogen and oxygen atoms in total. The molecule has 2 heterocycles. The zero-order valence-corrected chi connectivity index (χ0v) is 15.4. The van der Waals surface area contributed by atoms with Crippen molar-refractivity contribution < 1.29 is 4.79 Å². The van der Waals surface area contributed by atoms with Crippen molar-refractivity contribution in [1.82, 2.24) is 25.5 Å². The molecule has 4 rings (SSSR count). The Morgan fingerprint density at radius 2 is 1.86 bits per heavy atom. The molecule has 0 radical (unpaired) electrons. The largest absolute Gasteiger partial charge is 0.362 e. The zero-order valence-electron chi connectivity index (χ0n) is 15.4. The lowest BCUT2D eigenvalue weighted by Crippen LogP contribution is -2.24. The van der Waals surface area contributed by atoms with Crippen molar-refractivity contribution >= 4 is 33.4 Å². The Kier molecular flexibility index (Phi) is 4.44. The predicted molar refractivity (Wildman–Crippen MR) is 107 cm³/mol. The van der Waals surface area contributed by atoms with Crippen LogP contribution in [0.1, 0.15) is 16.1 Å². The number of anilines is 1. The third-order valence-corrected chi connectivity index (χ3v) is 4.49. The summed E-state index contributed by atoms with van der Waals surface area (Å²) in [6.45, 7) is 0.195. The molecule has 0 atom stereocenters. The summed E-state index contributed by atoms with van der Waals surface area (Å²) in [6, 6.07) is 12.5. The van der Waals surface area contributed by atoms with Gasteiger partial charge in [0.05, 0.1) is 23.1 Å². The summed E-state index contributed by atoms with van der Waals surface area (Å²) in [5, 5.41) is 11.5. The average molecular weight is 374 g/mol. The maximum absolute atomic E-state index is 12.6. The third kappa shape index (κ3) is 3.16. The second kappa shape index (κ2) is 7.07. The lowest BCUT2D eigenvalue weighted by molar-refractivity contribution is 0.0950. The van der Waals surface area contributed by atoms with Gasteiger partial charge in [-0.3, -0.25) is 9.59 Å². The van der Waals surface area contributed by atoms with Gasteiger partial charge in [0.1, 0.15) is 12.1 Å². The highest BCUT2D eigenvalue weighted by atomic mass is 16.1. The number of H-pyrrole nitrogens is 1. The number of carbonyl (C=O) groups is 1. The van der Waals surface area contributed by atoms with E-state index in [1.807, 2.05) is 37.2 Å². The highest BCUT2D eigenvalue weighted by Gasteiger charge is 2.12. The summed E-state index contributed by atoms with van der Waals surface area (Å²) in [5.74, 6) is 0.546. The normalized spacial score (nSPS) is 10.9. The Hall–Kier alpha value is -3.81. The van der Waals surface area contributed by atoms with Gasteiger partial charge < -0.3 is 10.2 Å². The average Bonchev–Trinajstić information content (AvgIpc) is 2.72. The SMILES string of the molecule is CN(C)c1ncnc2cc(C(=O)NCc3n[nH]c(=O)c4ccccc34)ccc12. The molecule has 2 aromatic heterocycles. The van der Waals surface area contributed by atoms with Gasteiger partial charge >= 0.3 is 0 Å². The van der Waals surface area contributed by atoms with E-state index in [0.29, 0.717) is 27.5 Å². The van der Waals surface area contributed by atoms with Crippen LogP contribution in [0, 0.1) is 0 Å². The van der Waals surface area contributed by atoms with Crippen molar-refractivity contribution in [3.63, 3.8) is 0 Å². The van der Waals surface area contributed by atoms with E-state index in [9.17, 15) is 9.59 Å². The van der Waals surface area contributed by atoms with E-state index >= 15 is 0 Å². The summed E-state index contributed by atoms with van der Waals surface area (Å²) in [7, 11) is 3.81. The van der Waals surface area contributed by atoms with Gasteiger partial charge in [-0.1, -0.05) is 18.2 Å². The first-order valence-corrected chi connectivity index (χ1v) is 8.71. The lowest BCUT2D eigenvalue weighted by atomic mass is 10.1. The number of nitrogens with zero attached hydrogens (tertiary/aromatic N) is 4. The van der Waals surface area contributed by atoms with Crippen molar-refractivity contribution in [2.75, 3.05) is 19.0 Å². The van der Waals surface area contributed by atoms with Crippen LogP contribution in [0.3, 0.4) is 0 Å². The van der Waals surface area contributed by atoms with Crippen LogP contribution in [0.25, 0.3) is 21.7 Å². The molecule has 0 aliphatic rings. The van der Waals surface area contributed by atoms with Crippen LogP contribution in [0.2, 0.25) is 0 Å². The highest BCUT2D eigenvalue weighted by Crippen LogP contribution is 2.22. The molecule has 2 N–H and O–H groups in total. The topological polar surface area (TPSA) is 104 Å². The molecule has 2 aromatic carbocycles. The number of hydrogen-bond donors (Lipinski definition) is 2. The molecule has 140 valence electrons. The minimum Gasteiger partial charge on any atom is -0.362 e. The van der Waals surface area contributed by atoms with Crippen LogP contribution >= 0.6 is 0 Å². The molecule has 0 aliphatic heterocycles. The predicted octanol–water partition coefficient (Wildman–Crippen LogP) is 1.86. The second-order valence-corrected chi connectivity index (χ2v) is 6.55. The summed E-state index contributed by atoms with van der Waals surface area (Å²) in [5.41, 5.74) is 1.53. The van der Waals surface area contributed by atoms with Gasteiger partial charge in [-0.05, 0) is 24.3 Å². The van der Waals surface area contributed by atoms with Crippen LogP contribution in [0.15, 0.2) is 53.6 Å². The number of hydrogen-bond acceptors (Lipinski definition) is 6. The molecule has 0 aliphatic carbocycles. The number of carbonyl (C=O) groups excluding carboxylic acids is 1. The smallest absolute Gasteiger partial charge is 0.272 e. The molecule has 28 heavy (non-hydrogen) atoms. The molecule has 1 amide bonds. The molecule has 0 fully saturated rings. The molecular weight excluding hydrogens is 356 g/mol. The van der Waals surface area contributed by atoms with Gasteiger partial charge in [0.2, 0.25) is 0 Å². The molecule has 4 aromatic rings. The van der Waals surface area contributed by atoms with Crippen molar-refractivity contribution in [3.05, 3.63) is 70.4 Å². The number of aromatic amines is 1. The van der Waals surface area contributed by atoms with Gasteiger partial charge in [0.15, 0.2) is 0 Å². The standard InChI is InChI=1S/C20H18N6O2/c1-26(2)18-15-8-7-12(9-16(15)22-11-23-18)19(27)21-10-17-13-5-3-4-6-14(13)20(28)25-24-17/h3-9,11H,10H2,1-2H3,(H,21,27)(H,25,28). The molecule has 0 spiro atoms. The fourth-order valence-corrected chi connectivity index (χ4v) is 3.11. The molecule has 0 saturated carbocycles. The van der Waals surface area contributed by atoms with Crippen LogP contribution < -0.4 is 15.8 Å². The van der Waals surface area contributed by atoms with Crippen molar-refractivity contribution in [2.45, 2.75) is 6.54 Å². The van der Waals surface area contributed by atoms with Gasteiger partial charge in [0.25, 0.3) is 11.5 Å². The Bertz CT molecular complexity index is 1250. The van der Waals surface area contributed by atoms with E-state index in [1.165, 1.54) is 6.33 Å². The van der Waals surface area contributed by atoms with Crippen LogP contribution in [-0.4, -0.2) is 40.2 Å². The number of rotatable bonds is 4. The summed E-state index contributed by atoms with van der Waals surface area (Å²) >= 11 is 0. The molecule has 0 unspecified atom stereocenters. The van der Waals surface area contributed by atoms with Crippen molar-refractivity contribution in [2.24, 2.45) is 0 Å². The third-order valence-electron chi connectivity index (χ3n) is 4.49. The van der Waals surface area contributed by atoms with E-state index in [0.717, 1.165) is 11.2 Å². The molecule has 0 saturated heterocycles. The van der Waals surface area contributed by atoms with Crippen LogP contribution in [0.4, 0.5) is 5.82 Å². The maximum Gasteiger partial charge on any atom is 0.272 e. The van der Waals surface area contributed by atoms with E-state index < -0.39 is 0 Å². The Labute approximate surface area is 160 Å². The summed E-state index contributed by atoms with van der Waals surface area (Å²) in [4.78, 5) is 34.9. The number of amides is 1. The summed E-state index contributed by atoms with van der Waals surface area (Å²) in [6.07, 6.45) is 1.48. The summed E-state index contributed by atoms with van der Waals surface area (Å²) < 4.78 is 0. The van der Waals surface area contributed by atoms with Gasteiger partial charge in [-0.2, -0.15) is 5.10 Å². The number of benzene rings is 2. The van der Waals surface area contributed by atoms with Crippen LogP contribution in [-0.2, 0) is 6.54 Å². The van der Waals surface area contributed by atoms with Crippen molar-refractivity contribution in [3.8, 4) is 0 Å². The maximum atomic E-state index is 12.6. The van der Waals surface area contributed by atoms with Gasteiger partial charge in [-0.25, -0.2) is 15.1 Å². The van der Waals surface area contributed by atoms with E-state index in [4.69, 9.17) is 0 Å². The Morgan fingerprint density at radius 3 is 2.64 bits per heavy atom. The van der Waals surface area contributed by atoms with Crippen LogP contribution in [0.5, 0.6) is 0 Å². The molecule has 8 heteroatoms. The number of nitrogens with one attached hydrogen (secondary N) is 2. The molecular formula is C20H18N6O2. The van der Waals surface area contributed by atoms with Crippen molar-refractivity contribution in [1.29, 1.82) is 0 Å². The number of fused-ring (bicyclic) bond motifs is 2. The van der Waals surface area contributed by atoms with E-state index in [1.54, 1.807) is 24.3 Å². The first-order chi connectivity index (χ1) is 13.5. The van der Waals surface area contributed by atoms with E-state index in [-0.39, 0.29) is 18.0 Å².